The van der Waals surface area contributed by atoms with Crippen molar-refractivity contribution in [2.45, 2.75) is 6.92 Å². The first kappa shape index (κ1) is 13.1. The van der Waals surface area contributed by atoms with Crippen LogP contribution in [-0.2, 0) is 9.59 Å². The number of carboxylic acid groups (broad SMARTS) is 1. The Hall–Kier alpha value is -2.95. The highest BCUT2D eigenvalue weighted by atomic mass is 16.4. The third-order valence-corrected chi connectivity index (χ3v) is 3.44. The molecule has 2 aromatic rings. The lowest BCUT2D eigenvalue weighted by atomic mass is 10.0. The Morgan fingerprint density at radius 1 is 1.10 bits per heavy atom. The van der Waals surface area contributed by atoms with E-state index in [0.717, 1.165) is 15.7 Å². The fourth-order valence-corrected chi connectivity index (χ4v) is 2.40. The molecule has 1 aliphatic heterocycles. The van der Waals surface area contributed by atoms with Gasteiger partial charge in [-0.3, -0.25) is 9.59 Å². The molecule has 104 valence electrons. The number of benzene rings is 2. The fourth-order valence-electron chi connectivity index (χ4n) is 2.40. The van der Waals surface area contributed by atoms with E-state index in [1.165, 1.54) is 19.1 Å². The summed E-state index contributed by atoms with van der Waals surface area (Å²) in [6.07, 6.45) is 1.21. The lowest BCUT2D eigenvalue weighted by molar-refractivity contribution is -0.120. The molecular weight excluding hydrogens is 270 g/mol. The average Bonchev–Trinajstić information content (AvgIpc) is 2.70. The maximum Gasteiger partial charge on any atom is 0.337 e. The zero-order valence-electron chi connectivity index (χ0n) is 11.2. The molecule has 2 aromatic carbocycles. The van der Waals surface area contributed by atoms with Gasteiger partial charge in [0.2, 0.25) is 0 Å². The van der Waals surface area contributed by atoms with Gasteiger partial charge in [0.25, 0.3) is 11.8 Å². The van der Waals surface area contributed by atoms with Crippen LogP contribution in [-0.4, -0.2) is 22.9 Å². The van der Waals surface area contributed by atoms with Crippen molar-refractivity contribution in [2.24, 2.45) is 0 Å². The largest absolute Gasteiger partial charge is 0.478 e. The molecule has 21 heavy (non-hydrogen) atoms. The Labute approximate surface area is 120 Å². The van der Waals surface area contributed by atoms with Crippen molar-refractivity contribution < 1.29 is 19.5 Å². The first-order valence-corrected chi connectivity index (χ1v) is 6.32. The highest BCUT2D eigenvalue weighted by Gasteiger charge is 2.32. The Morgan fingerprint density at radius 3 is 2.24 bits per heavy atom. The van der Waals surface area contributed by atoms with Crippen LogP contribution in [0.15, 0.2) is 48.0 Å². The third kappa shape index (κ3) is 1.99. The molecule has 1 heterocycles. The van der Waals surface area contributed by atoms with Gasteiger partial charge in [0.15, 0.2) is 0 Å². The minimum absolute atomic E-state index is 0.0708. The van der Waals surface area contributed by atoms with Crippen LogP contribution < -0.4 is 4.90 Å². The minimum Gasteiger partial charge on any atom is -0.478 e. The lowest BCUT2D eigenvalue weighted by Crippen LogP contribution is -2.32. The summed E-state index contributed by atoms with van der Waals surface area (Å²) in [6.45, 7) is 1.53. The Morgan fingerprint density at radius 2 is 1.71 bits per heavy atom. The summed E-state index contributed by atoms with van der Waals surface area (Å²) < 4.78 is 0. The van der Waals surface area contributed by atoms with E-state index >= 15 is 0 Å². The van der Waals surface area contributed by atoms with E-state index in [2.05, 4.69) is 0 Å². The number of hydrogen-bond acceptors (Lipinski definition) is 3. The summed E-state index contributed by atoms with van der Waals surface area (Å²) in [4.78, 5) is 36.4. The summed E-state index contributed by atoms with van der Waals surface area (Å²) in [5, 5.41) is 10.9. The van der Waals surface area contributed by atoms with Crippen LogP contribution >= 0.6 is 0 Å². The zero-order valence-corrected chi connectivity index (χ0v) is 11.2. The molecule has 1 N–H and O–H groups in total. The fraction of sp³-hybridized carbons (Fsp3) is 0.0625. The van der Waals surface area contributed by atoms with Crippen molar-refractivity contribution in [3.8, 4) is 0 Å². The van der Waals surface area contributed by atoms with Crippen LogP contribution in [0, 0.1) is 0 Å². The number of carbonyl (C=O) groups excluding carboxylic acids is 2. The number of hydrogen-bond donors (Lipinski definition) is 1. The first-order valence-electron chi connectivity index (χ1n) is 6.32. The van der Waals surface area contributed by atoms with Gasteiger partial charge in [0.1, 0.15) is 0 Å². The van der Waals surface area contributed by atoms with Crippen LogP contribution in [0.4, 0.5) is 5.69 Å². The lowest BCUT2D eigenvalue weighted by Gasteiger charge is -2.18. The second-order valence-corrected chi connectivity index (χ2v) is 4.83. The van der Waals surface area contributed by atoms with Gasteiger partial charge in [-0.1, -0.05) is 24.3 Å². The van der Waals surface area contributed by atoms with E-state index in [1.54, 1.807) is 24.3 Å². The van der Waals surface area contributed by atoms with Crippen molar-refractivity contribution in [3.63, 3.8) is 0 Å². The summed E-state index contributed by atoms with van der Waals surface area (Å²) in [5.41, 5.74) is 0.326. The van der Waals surface area contributed by atoms with Gasteiger partial charge in [-0.25, -0.2) is 9.69 Å². The number of rotatable bonds is 2. The van der Waals surface area contributed by atoms with Gasteiger partial charge in [0.05, 0.1) is 11.3 Å². The second-order valence-electron chi connectivity index (χ2n) is 4.83. The topological polar surface area (TPSA) is 74.7 Å². The van der Waals surface area contributed by atoms with E-state index < -0.39 is 17.8 Å². The highest BCUT2D eigenvalue weighted by molar-refractivity contribution is 6.31. The molecular formula is C16H11NO4. The Kier molecular flexibility index (Phi) is 2.83. The molecule has 5 heteroatoms. The molecule has 0 fully saturated rings. The van der Waals surface area contributed by atoms with Gasteiger partial charge in [-0.05, 0) is 29.8 Å². The standard InChI is InChI=1S/C16H11NO4/c1-9-6-14(18)17(15(9)19)13-8-11-5-3-2-4-10(11)7-12(13)16(20)21/h2-8H,1H3,(H,20,21). The molecule has 1 aliphatic rings. The van der Waals surface area contributed by atoms with Crippen molar-refractivity contribution in [1.82, 2.24) is 0 Å². The molecule has 0 spiro atoms. The Balaban J connectivity index is 2.26. The number of imide groups is 1. The molecule has 5 nitrogen and oxygen atoms in total. The van der Waals surface area contributed by atoms with Crippen molar-refractivity contribution in [1.29, 1.82) is 0 Å². The average molecular weight is 281 g/mol. The van der Waals surface area contributed by atoms with Gasteiger partial charge in [-0.15, -0.1) is 0 Å². The second kappa shape index (κ2) is 4.56. The summed E-state index contributed by atoms with van der Waals surface area (Å²) >= 11 is 0. The van der Waals surface area contributed by atoms with Crippen molar-refractivity contribution in [3.05, 3.63) is 53.6 Å². The number of anilines is 1. The molecule has 0 saturated carbocycles. The van der Waals surface area contributed by atoms with E-state index in [-0.39, 0.29) is 11.3 Å². The monoisotopic (exact) mass is 281 g/mol. The maximum absolute atomic E-state index is 12.1. The molecule has 0 saturated heterocycles. The predicted molar refractivity (Wildman–Crippen MR) is 77.2 cm³/mol. The van der Waals surface area contributed by atoms with Crippen molar-refractivity contribution >= 4 is 34.2 Å². The van der Waals surface area contributed by atoms with E-state index in [1.807, 2.05) is 6.07 Å². The molecule has 2 amide bonds. The quantitative estimate of drug-likeness (QED) is 0.857. The summed E-state index contributed by atoms with van der Waals surface area (Å²) in [5.74, 6) is -2.19. The molecule has 0 radical (unpaired) electrons. The van der Waals surface area contributed by atoms with Crippen LogP contribution in [0.3, 0.4) is 0 Å². The molecule has 0 aromatic heterocycles. The normalized spacial score (nSPS) is 14.7. The molecule has 0 aliphatic carbocycles. The van der Waals surface area contributed by atoms with Gasteiger partial charge < -0.3 is 5.11 Å². The van der Waals surface area contributed by atoms with Gasteiger partial charge >= 0.3 is 5.97 Å². The number of fused-ring (bicyclic) bond motifs is 1. The van der Waals surface area contributed by atoms with E-state index in [0.29, 0.717) is 5.57 Å². The number of nitrogens with zero attached hydrogens (tertiary/aromatic N) is 1. The number of amides is 2. The predicted octanol–water partition coefficient (Wildman–Crippen LogP) is 2.36. The minimum atomic E-state index is -1.18. The number of carboxylic acids is 1. The van der Waals surface area contributed by atoms with Crippen LogP contribution in [0.2, 0.25) is 0 Å². The van der Waals surface area contributed by atoms with Crippen molar-refractivity contribution in [2.75, 3.05) is 4.90 Å². The number of carbonyl (C=O) groups is 3. The molecule has 0 bridgehead atoms. The molecule has 3 rings (SSSR count). The summed E-state index contributed by atoms with van der Waals surface area (Å²) in [6, 6.07) is 10.2. The van der Waals surface area contributed by atoms with Gasteiger partial charge in [0, 0.05) is 11.6 Å². The summed E-state index contributed by atoms with van der Waals surface area (Å²) in [7, 11) is 0. The first-order chi connectivity index (χ1) is 9.99. The smallest absolute Gasteiger partial charge is 0.337 e. The third-order valence-electron chi connectivity index (χ3n) is 3.44. The number of aromatic carboxylic acids is 1. The SMILES string of the molecule is CC1=CC(=O)N(c2cc3ccccc3cc2C(=O)O)C1=O. The molecule has 0 atom stereocenters. The maximum atomic E-state index is 12.1. The highest BCUT2D eigenvalue weighted by Crippen LogP contribution is 2.30. The Bertz CT molecular complexity index is 835. The van der Waals surface area contributed by atoms with E-state index in [9.17, 15) is 19.5 Å². The zero-order chi connectivity index (χ0) is 15.1. The van der Waals surface area contributed by atoms with E-state index in [4.69, 9.17) is 0 Å². The molecule has 0 unspecified atom stereocenters. The van der Waals surface area contributed by atoms with Gasteiger partial charge in [-0.2, -0.15) is 0 Å². The van der Waals surface area contributed by atoms with Crippen LogP contribution in [0.1, 0.15) is 17.3 Å². The van der Waals surface area contributed by atoms with Crippen LogP contribution in [0.25, 0.3) is 10.8 Å². The van der Waals surface area contributed by atoms with Crippen LogP contribution in [0.5, 0.6) is 0 Å².